The second-order valence-corrected chi connectivity index (χ2v) is 7.49. The molecule has 1 fully saturated rings. The number of likely N-dealkylation sites (tertiary alicyclic amines) is 1. The van der Waals surface area contributed by atoms with Gasteiger partial charge >= 0.3 is 0 Å². The Labute approximate surface area is 156 Å². The van der Waals surface area contributed by atoms with E-state index in [1.54, 1.807) is 16.2 Å². The summed E-state index contributed by atoms with van der Waals surface area (Å²) in [6.07, 6.45) is 4.34. The molecule has 1 aromatic carbocycles. The van der Waals surface area contributed by atoms with Gasteiger partial charge in [0.05, 0.1) is 12.1 Å². The lowest BCUT2D eigenvalue weighted by Crippen LogP contribution is -2.39. The average Bonchev–Trinajstić information content (AvgIpc) is 3.24. The predicted octanol–water partition coefficient (Wildman–Crippen LogP) is 3.36. The van der Waals surface area contributed by atoms with Crippen LogP contribution < -0.4 is 0 Å². The Hall–Kier alpha value is -2.47. The molecule has 0 saturated carbocycles. The van der Waals surface area contributed by atoms with Crippen LogP contribution in [0.4, 0.5) is 0 Å². The summed E-state index contributed by atoms with van der Waals surface area (Å²) < 4.78 is 2.01. The molecule has 1 saturated heterocycles. The van der Waals surface area contributed by atoms with Gasteiger partial charge in [-0.1, -0.05) is 31.2 Å². The van der Waals surface area contributed by atoms with E-state index in [4.69, 9.17) is 4.98 Å². The summed E-state index contributed by atoms with van der Waals surface area (Å²) in [4.78, 5) is 31.3. The Kier molecular flexibility index (Phi) is 4.59. The number of ketones is 1. The van der Waals surface area contributed by atoms with E-state index in [9.17, 15) is 9.59 Å². The van der Waals surface area contributed by atoms with Crippen LogP contribution in [-0.4, -0.2) is 39.1 Å². The van der Waals surface area contributed by atoms with Gasteiger partial charge in [-0.3, -0.25) is 14.0 Å². The number of aryl methyl sites for hydroxylation is 1. The lowest BCUT2D eigenvalue weighted by Gasteiger charge is -2.25. The standard InChI is InChI=1S/C20H21N3O2S/c1-2-14-3-5-15(6-4-14)18-12-23-16(13-26-20(23)21-18)11-19(25)22-9-7-17(24)8-10-22/h3-6,12-13H,2,7-11H2,1H3. The summed E-state index contributed by atoms with van der Waals surface area (Å²) in [6, 6.07) is 8.46. The van der Waals surface area contributed by atoms with Crippen molar-refractivity contribution in [3.05, 3.63) is 47.1 Å². The third kappa shape index (κ3) is 3.29. The molecule has 1 amide bonds. The minimum Gasteiger partial charge on any atom is -0.341 e. The summed E-state index contributed by atoms with van der Waals surface area (Å²) >= 11 is 1.55. The maximum Gasteiger partial charge on any atom is 0.228 e. The molecular formula is C20H21N3O2S. The zero-order valence-corrected chi connectivity index (χ0v) is 15.6. The molecule has 134 valence electrons. The van der Waals surface area contributed by atoms with E-state index in [1.807, 2.05) is 16.0 Å². The van der Waals surface area contributed by atoms with Gasteiger partial charge < -0.3 is 4.90 Å². The summed E-state index contributed by atoms with van der Waals surface area (Å²) in [7, 11) is 0. The number of fused-ring (bicyclic) bond motifs is 1. The largest absolute Gasteiger partial charge is 0.341 e. The molecule has 3 heterocycles. The topological polar surface area (TPSA) is 54.7 Å². The fourth-order valence-corrected chi connectivity index (χ4v) is 4.15. The number of imidazole rings is 1. The third-order valence-corrected chi connectivity index (χ3v) is 5.84. The van der Waals surface area contributed by atoms with E-state index < -0.39 is 0 Å². The summed E-state index contributed by atoms with van der Waals surface area (Å²) in [5.74, 6) is 0.333. The number of hydrogen-bond acceptors (Lipinski definition) is 4. The quantitative estimate of drug-likeness (QED) is 0.710. The SMILES string of the molecule is CCc1ccc(-c2cn3c(CC(=O)N4CCC(=O)CC4)csc3n2)cc1. The monoisotopic (exact) mass is 367 g/mol. The minimum absolute atomic E-state index is 0.0831. The van der Waals surface area contributed by atoms with E-state index in [-0.39, 0.29) is 11.7 Å². The van der Waals surface area contributed by atoms with Crippen molar-refractivity contribution in [3.63, 3.8) is 0 Å². The Morgan fingerprint density at radius 3 is 2.62 bits per heavy atom. The first kappa shape index (κ1) is 17.0. The van der Waals surface area contributed by atoms with Crippen LogP contribution in [0.15, 0.2) is 35.8 Å². The van der Waals surface area contributed by atoms with Crippen LogP contribution in [0.5, 0.6) is 0 Å². The molecule has 0 N–H and O–H groups in total. The lowest BCUT2D eigenvalue weighted by atomic mass is 10.1. The first-order chi connectivity index (χ1) is 12.6. The second-order valence-electron chi connectivity index (χ2n) is 6.65. The Bertz CT molecular complexity index is 945. The van der Waals surface area contributed by atoms with Gasteiger partial charge in [0.1, 0.15) is 5.78 Å². The van der Waals surface area contributed by atoms with E-state index in [0.29, 0.717) is 32.4 Å². The Balaban J connectivity index is 1.54. The molecule has 5 nitrogen and oxygen atoms in total. The van der Waals surface area contributed by atoms with Crippen LogP contribution in [0.1, 0.15) is 31.0 Å². The first-order valence-corrected chi connectivity index (χ1v) is 9.86. The number of amides is 1. The smallest absolute Gasteiger partial charge is 0.228 e. The van der Waals surface area contributed by atoms with Crippen molar-refractivity contribution in [2.45, 2.75) is 32.6 Å². The number of aromatic nitrogens is 2. The van der Waals surface area contributed by atoms with Crippen LogP contribution in [0.3, 0.4) is 0 Å². The molecule has 6 heteroatoms. The van der Waals surface area contributed by atoms with E-state index in [0.717, 1.165) is 28.3 Å². The molecule has 26 heavy (non-hydrogen) atoms. The molecule has 0 aliphatic carbocycles. The molecule has 2 aromatic heterocycles. The minimum atomic E-state index is 0.0831. The number of benzene rings is 1. The summed E-state index contributed by atoms with van der Waals surface area (Å²) in [5.41, 5.74) is 4.28. The lowest BCUT2D eigenvalue weighted by molar-refractivity contribution is -0.133. The van der Waals surface area contributed by atoms with Crippen molar-refractivity contribution in [3.8, 4) is 11.3 Å². The van der Waals surface area contributed by atoms with E-state index >= 15 is 0 Å². The molecule has 0 atom stereocenters. The number of hydrogen-bond donors (Lipinski definition) is 0. The van der Waals surface area contributed by atoms with Crippen molar-refractivity contribution in [1.29, 1.82) is 0 Å². The fourth-order valence-electron chi connectivity index (χ4n) is 3.28. The van der Waals surface area contributed by atoms with Gasteiger partial charge in [-0.05, 0) is 12.0 Å². The molecule has 3 aromatic rings. The highest BCUT2D eigenvalue weighted by Gasteiger charge is 2.22. The highest BCUT2D eigenvalue weighted by molar-refractivity contribution is 7.15. The molecule has 1 aliphatic rings. The maximum atomic E-state index is 12.5. The molecule has 4 rings (SSSR count). The second kappa shape index (κ2) is 7.03. The number of rotatable bonds is 4. The van der Waals surface area contributed by atoms with Crippen LogP contribution in [0, 0.1) is 0 Å². The number of nitrogens with zero attached hydrogens (tertiary/aromatic N) is 3. The van der Waals surface area contributed by atoms with Gasteiger partial charge in [0.2, 0.25) is 5.91 Å². The first-order valence-electron chi connectivity index (χ1n) is 8.98. The molecule has 0 unspecified atom stereocenters. The molecular weight excluding hydrogens is 346 g/mol. The van der Waals surface area contributed by atoms with Crippen LogP contribution in [0.25, 0.3) is 16.2 Å². The number of thiazole rings is 1. The van der Waals surface area contributed by atoms with Crippen LogP contribution in [-0.2, 0) is 22.4 Å². The van der Waals surface area contributed by atoms with Gasteiger partial charge in [-0.2, -0.15) is 0 Å². The van der Waals surface area contributed by atoms with Gasteiger partial charge in [0.15, 0.2) is 4.96 Å². The van der Waals surface area contributed by atoms with E-state index in [1.165, 1.54) is 5.56 Å². The zero-order valence-electron chi connectivity index (χ0n) is 14.8. The van der Waals surface area contributed by atoms with Crippen LogP contribution in [0.2, 0.25) is 0 Å². The van der Waals surface area contributed by atoms with Crippen molar-refractivity contribution >= 4 is 28.0 Å². The van der Waals surface area contributed by atoms with Gasteiger partial charge in [-0.15, -0.1) is 11.3 Å². The summed E-state index contributed by atoms with van der Waals surface area (Å²) in [6.45, 7) is 3.23. The number of Topliss-reactive ketones (excluding diaryl/α,β-unsaturated/α-hetero) is 1. The highest BCUT2D eigenvalue weighted by atomic mass is 32.1. The molecule has 0 spiro atoms. The Morgan fingerprint density at radius 2 is 1.92 bits per heavy atom. The zero-order chi connectivity index (χ0) is 18.1. The van der Waals surface area contributed by atoms with Crippen molar-refractivity contribution in [2.75, 3.05) is 13.1 Å². The normalized spacial score (nSPS) is 15.0. The maximum absolute atomic E-state index is 12.5. The highest BCUT2D eigenvalue weighted by Crippen LogP contribution is 2.25. The number of carbonyl (C=O) groups is 2. The number of piperidine rings is 1. The van der Waals surface area contributed by atoms with E-state index in [2.05, 4.69) is 31.2 Å². The number of carbonyl (C=O) groups excluding carboxylic acids is 2. The van der Waals surface area contributed by atoms with Crippen LogP contribution >= 0.6 is 11.3 Å². The van der Waals surface area contributed by atoms with Gasteiger partial charge in [0, 0.05) is 48.8 Å². The van der Waals surface area contributed by atoms with Gasteiger partial charge in [0.25, 0.3) is 0 Å². The van der Waals surface area contributed by atoms with Crippen molar-refractivity contribution in [2.24, 2.45) is 0 Å². The fraction of sp³-hybridized carbons (Fsp3) is 0.350. The predicted molar refractivity (Wildman–Crippen MR) is 102 cm³/mol. The average molecular weight is 367 g/mol. The summed E-state index contributed by atoms with van der Waals surface area (Å²) in [5, 5.41) is 2.00. The molecule has 0 radical (unpaired) electrons. The molecule has 0 bridgehead atoms. The van der Waals surface area contributed by atoms with Crippen molar-refractivity contribution in [1.82, 2.24) is 14.3 Å². The third-order valence-electron chi connectivity index (χ3n) is 4.95. The molecule has 1 aliphatic heterocycles. The van der Waals surface area contributed by atoms with Crippen molar-refractivity contribution < 1.29 is 9.59 Å². The van der Waals surface area contributed by atoms with Gasteiger partial charge in [-0.25, -0.2) is 4.98 Å². The Morgan fingerprint density at radius 1 is 1.19 bits per heavy atom.